The third-order valence-electron chi connectivity index (χ3n) is 8.49. The van der Waals surface area contributed by atoms with E-state index in [4.69, 9.17) is 4.74 Å². The number of aliphatic hydroxyl groups excluding tert-OH is 3. The maximum atomic E-state index is 13.8. The van der Waals surface area contributed by atoms with Gasteiger partial charge in [0.1, 0.15) is 0 Å². The maximum Gasteiger partial charge on any atom is 0.392 e. The molecule has 194 valence electrons. The Morgan fingerprint density at radius 1 is 0.879 bits per heavy atom. The van der Waals surface area contributed by atoms with Gasteiger partial charge in [0.15, 0.2) is 0 Å². The molecule has 0 amide bonds. The van der Waals surface area contributed by atoms with Crippen LogP contribution in [0.15, 0.2) is 0 Å². The van der Waals surface area contributed by atoms with E-state index in [1.165, 1.54) is 19.3 Å². The molecule has 1 heterocycles. The molecular weight excluding hydrogens is 435 g/mol. The highest BCUT2D eigenvalue weighted by atomic mass is 19.4. The molecular formula is C25H44F3NO4. The van der Waals surface area contributed by atoms with Gasteiger partial charge in [-0.2, -0.15) is 13.2 Å². The van der Waals surface area contributed by atoms with E-state index in [0.29, 0.717) is 31.9 Å². The molecule has 3 aliphatic rings. The minimum atomic E-state index is -4.14. The zero-order valence-electron chi connectivity index (χ0n) is 19.9. The summed E-state index contributed by atoms with van der Waals surface area (Å²) in [7, 11) is 0. The van der Waals surface area contributed by atoms with Crippen molar-refractivity contribution in [3.05, 3.63) is 0 Å². The van der Waals surface area contributed by atoms with Crippen LogP contribution in [0, 0.1) is 23.7 Å². The van der Waals surface area contributed by atoms with Gasteiger partial charge in [0.25, 0.3) is 0 Å². The van der Waals surface area contributed by atoms with Crippen LogP contribution in [0.2, 0.25) is 0 Å². The number of hydrogen-bond acceptors (Lipinski definition) is 5. The first-order valence-corrected chi connectivity index (χ1v) is 13.2. The van der Waals surface area contributed by atoms with Gasteiger partial charge >= 0.3 is 6.18 Å². The maximum absolute atomic E-state index is 13.8. The molecule has 0 aromatic heterocycles. The first-order chi connectivity index (χ1) is 15.8. The van der Waals surface area contributed by atoms with E-state index in [-0.39, 0.29) is 25.6 Å². The van der Waals surface area contributed by atoms with E-state index in [0.717, 1.165) is 45.1 Å². The molecule has 8 heteroatoms. The Kier molecular flexibility index (Phi) is 10.8. The molecule has 0 radical (unpaired) electrons. The fraction of sp³-hybridized carbons (Fsp3) is 1.00. The first-order valence-electron chi connectivity index (χ1n) is 13.2. The fourth-order valence-corrected chi connectivity index (χ4v) is 6.44. The van der Waals surface area contributed by atoms with Crippen molar-refractivity contribution in [2.24, 2.45) is 23.7 Å². The summed E-state index contributed by atoms with van der Waals surface area (Å²) in [5, 5.41) is 29.3. The Morgan fingerprint density at radius 2 is 1.64 bits per heavy atom. The molecule has 2 aliphatic carbocycles. The molecule has 0 spiro atoms. The van der Waals surface area contributed by atoms with Crippen LogP contribution in [-0.4, -0.2) is 77.6 Å². The van der Waals surface area contributed by atoms with Crippen LogP contribution in [0.1, 0.15) is 77.0 Å². The molecule has 33 heavy (non-hydrogen) atoms. The summed E-state index contributed by atoms with van der Waals surface area (Å²) in [4.78, 5) is 2.01. The van der Waals surface area contributed by atoms with E-state index in [9.17, 15) is 28.5 Å². The molecule has 1 saturated heterocycles. The van der Waals surface area contributed by atoms with Crippen LogP contribution < -0.4 is 0 Å². The Hall–Kier alpha value is -0.410. The SMILES string of the molecule is OCC1[C@H](O)[C@H](O)CCN1CCCCCOCC1CCC(C2CCCCC2)CC1C(F)(F)F. The standard InChI is InChI=1S/C25H44F3NO4/c26-25(27,28)21-15-19(18-7-3-1-4-8-18)9-10-20(21)17-33-14-6-2-5-12-29-13-11-23(31)24(32)22(29)16-30/h18-24,30-32H,1-17H2/t19?,20?,21?,22?,23-,24+/m1/s1. The van der Waals surface area contributed by atoms with E-state index in [1.807, 2.05) is 4.90 Å². The molecule has 4 unspecified atom stereocenters. The summed E-state index contributed by atoms with van der Waals surface area (Å²) >= 11 is 0. The van der Waals surface area contributed by atoms with E-state index >= 15 is 0 Å². The monoisotopic (exact) mass is 479 g/mol. The third kappa shape index (κ3) is 7.79. The Morgan fingerprint density at radius 3 is 2.33 bits per heavy atom. The summed E-state index contributed by atoms with van der Waals surface area (Å²) in [5.74, 6) is -0.934. The quantitative estimate of drug-likeness (QED) is 0.411. The largest absolute Gasteiger partial charge is 0.395 e. The highest BCUT2D eigenvalue weighted by molar-refractivity contribution is 4.89. The van der Waals surface area contributed by atoms with Crippen LogP contribution in [0.5, 0.6) is 0 Å². The molecule has 0 aromatic rings. The van der Waals surface area contributed by atoms with Gasteiger partial charge in [0, 0.05) is 19.8 Å². The van der Waals surface area contributed by atoms with Crippen molar-refractivity contribution in [1.82, 2.24) is 4.90 Å². The molecule has 3 N–H and O–H groups in total. The number of aliphatic hydroxyl groups is 3. The Labute approximate surface area is 196 Å². The highest BCUT2D eigenvalue weighted by Gasteiger charge is 2.48. The molecule has 0 aromatic carbocycles. The van der Waals surface area contributed by atoms with Crippen LogP contribution in [0.4, 0.5) is 13.2 Å². The van der Waals surface area contributed by atoms with Gasteiger partial charge in [-0.25, -0.2) is 0 Å². The van der Waals surface area contributed by atoms with Gasteiger partial charge < -0.3 is 20.1 Å². The topological polar surface area (TPSA) is 73.2 Å². The van der Waals surface area contributed by atoms with E-state index < -0.39 is 36.3 Å². The highest BCUT2D eigenvalue weighted by Crippen LogP contribution is 2.48. The van der Waals surface area contributed by atoms with Crippen molar-refractivity contribution in [2.45, 2.75) is 101 Å². The average molecular weight is 480 g/mol. The fourth-order valence-electron chi connectivity index (χ4n) is 6.44. The number of ether oxygens (including phenoxy) is 1. The Bertz CT molecular complexity index is 558. The normalized spacial score (nSPS) is 35.1. The van der Waals surface area contributed by atoms with Gasteiger partial charge in [0.2, 0.25) is 0 Å². The van der Waals surface area contributed by atoms with Crippen molar-refractivity contribution in [2.75, 3.05) is 32.9 Å². The molecule has 0 bridgehead atoms. The van der Waals surface area contributed by atoms with Gasteiger partial charge in [-0.05, 0) is 69.2 Å². The van der Waals surface area contributed by atoms with Crippen molar-refractivity contribution in [3.8, 4) is 0 Å². The molecule has 3 fully saturated rings. The zero-order valence-corrected chi connectivity index (χ0v) is 19.9. The van der Waals surface area contributed by atoms with Crippen LogP contribution in [-0.2, 0) is 4.74 Å². The van der Waals surface area contributed by atoms with Crippen molar-refractivity contribution in [3.63, 3.8) is 0 Å². The minimum Gasteiger partial charge on any atom is -0.395 e. The molecule has 2 saturated carbocycles. The summed E-state index contributed by atoms with van der Waals surface area (Å²) in [5.41, 5.74) is 0. The smallest absolute Gasteiger partial charge is 0.392 e. The number of alkyl halides is 3. The number of rotatable bonds is 10. The molecule has 5 nitrogen and oxygen atoms in total. The summed E-state index contributed by atoms with van der Waals surface area (Å²) in [6.07, 6.45) is 4.76. The van der Waals surface area contributed by atoms with Gasteiger partial charge in [-0.3, -0.25) is 4.90 Å². The number of halogens is 3. The number of nitrogens with zero attached hydrogens (tertiary/aromatic N) is 1. The number of piperidine rings is 1. The van der Waals surface area contributed by atoms with Crippen molar-refractivity contribution < 1.29 is 33.2 Å². The van der Waals surface area contributed by atoms with Crippen LogP contribution in [0.25, 0.3) is 0 Å². The van der Waals surface area contributed by atoms with E-state index in [2.05, 4.69) is 0 Å². The third-order valence-corrected chi connectivity index (χ3v) is 8.49. The summed E-state index contributed by atoms with van der Waals surface area (Å²) in [6, 6.07) is -0.437. The number of hydrogen-bond donors (Lipinski definition) is 3. The lowest BCUT2D eigenvalue weighted by molar-refractivity contribution is -0.208. The van der Waals surface area contributed by atoms with E-state index in [1.54, 1.807) is 0 Å². The number of unbranched alkanes of at least 4 members (excludes halogenated alkanes) is 2. The second-order valence-electron chi connectivity index (χ2n) is 10.6. The zero-order chi connectivity index (χ0) is 23.8. The van der Waals surface area contributed by atoms with Crippen LogP contribution in [0.3, 0.4) is 0 Å². The predicted octanol–water partition coefficient (Wildman–Crippen LogP) is 4.14. The molecule has 6 atom stereocenters. The number of likely N-dealkylation sites (tertiary alicyclic amines) is 1. The molecule has 3 rings (SSSR count). The first kappa shape index (κ1) is 27.2. The predicted molar refractivity (Wildman–Crippen MR) is 121 cm³/mol. The second-order valence-corrected chi connectivity index (χ2v) is 10.6. The van der Waals surface area contributed by atoms with Crippen LogP contribution >= 0.6 is 0 Å². The summed E-state index contributed by atoms with van der Waals surface area (Å²) < 4.78 is 47.1. The van der Waals surface area contributed by atoms with Crippen molar-refractivity contribution in [1.29, 1.82) is 0 Å². The van der Waals surface area contributed by atoms with Gasteiger partial charge in [-0.1, -0.05) is 32.1 Å². The molecule has 1 aliphatic heterocycles. The minimum absolute atomic E-state index is 0.190. The van der Waals surface area contributed by atoms with Gasteiger partial charge in [-0.15, -0.1) is 0 Å². The van der Waals surface area contributed by atoms with Crippen molar-refractivity contribution >= 4 is 0 Å². The van der Waals surface area contributed by atoms with Gasteiger partial charge in [0.05, 0.1) is 30.8 Å². The lowest BCUT2D eigenvalue weighted by Crippen LogP contribution is -2.56. The Balaban J connectivity index is 1.33. The average Bonchev–Trinajstić information content (AvgIpc) is 2.80. The lowest BCUT2D eigenvalue weighted by atomic mass is 9.67. The lowest BCUT2D eigenvalue weighted by Gasteiger charge is -2.41. The second kappa shape index (κ2) is 13.1. The summed E-state index contributed by atoms with van der Waals surface area (Å²) in [6.45, 7) is 1.84.